The van der Waals surface area contributed by atoms with Gasteiger partial charge in [0.05, 0.1) is 5.56 Å². The van der Waals surface area contributed by atoms with Gasteiger partial charge in [-0.1, -0.05) is 6.07 Å². The zero-order valence-corrected chi connectivity index (χ0v) is 11.1. The van der Waals surface area contributed by atoms with Crippen molar-refractivity contribution in [3.05, 3.63) is 28.8 Å². The zero-order valence-electron chi connectivity index (χ0n) is 11.1. The highest BCUT2D eigenvalue weighted by Gasteiger charge is 2.14. The van der Waals surface area contributed by atoms with E-state index in [1.165, 1.54) is 4.90 Å². The van der Waals surface area contributed by atoms with Crippen molar-refractivity contribution in [3.63, 3.8) is 0 Å². The average Bonchev–Trinajstić information content (AvgIpc) is 2.30. The molecule has 0 aliphatic heterocycles. The standard InChI is InChI=1S/C13H18N2O3/c1-8-5-9(2)11(14)6-10(8)13(17)18-7-12(16)15(3)4/h5-6H,7,14H2,1-4H3. The summed E-state index contributed by atoms with van der Waals surface area (Å²) in [6.07, 6.45) is 0. The number of aryl methyl sites for hydroxylation is 2. The maximum absolute atomic E-state index is 11.8. The van der Waals surface area contributed by atoms with Crippen molar-refractivity contribution in [3.8, 4) is 0 Å². The van der Waals surface area contributed by atoms with Crippen molar-refractivity contribution >= 4 is 17.6 Å². The number of rotatable bonds is 3. The van der Waals surface area contributed by atoms with Crippen molar-refractivity contribution in [2.75, 3.05) is 26.4 Å². The van der Waals surface area contributed by atoms with Crippen LogP contribution in [0, 0.1) is 13.8 Å². The van der Waals surface area contributed by atoms with Gasteiger partial charge in [-0.25, -0.2) is 4.79 Å². The number of carbonyl (C=O) groups excluding carboxylic acids is 2. The van der Waals surface area contributed by atoms with Crippen LogP contribution in [0.4, 0.5) is 5.69 Å². The van der Waals surface area contributed by atoms with Crippen molar-refractivity contribution < 1.29 is 14.3 Å². The number of nitrogen functional groups attached to an aromatic ring is 1. The third kappa shape index (κ3) is 3.23. The number of esters is 1. The molecule has 98 valence electrons. The van der Waals surface area contributed by atoms with Crippen LogP contribution in [0.15, 0.2) is 12.1 Å². The normalized spacial score (nSPS) is 10.0. The minimum atomic E-state index is -0.533. The highest BCUT2D eigenvalue weighted by molar-refractivity contribution is 5.93. The van der Waals surface area contributed by atoms with Gasteiger partial charge >= 0.3 is 5.97 Å². The van der Waals surface area contributed by atoms with Crippen LogP contribution in [0.2, 0.25) is 0 Å². The van der Waals surface area contributed by atoms with E-state index in [9.17, 15) is 9.59 Å². The third-order valence-electron chi connectivity index (χ3n) is 2.66. The SMILES string of the molecule is Cc1cc(C)c(C(=O)OCC(=O)N(C)C)cc1N. The van der Waals surface area contributed by atoms with Gasteiger partial charge in [0.25, 0.3) is 5.91 Å². The summed E-state index contributed by atoms with van der Waals surface area (Å²) in [7, 11) is 3.20. The molecule has 0 saturated carbocycles. The largest absolute Gasteiger partial charge is 0.452 e. The Morgan fingerprint density at radius 2 is 1.83 bits per heavy atom. The van der Waals surface area contributed by atoms with Gasteiger partial charge in [-0.2, -0.15) is 0 Å². The summed E-state index contributed by atoms with van der Waals surface area (Å²) in [6, 6.07) is 3.40. The van der Waals surface area contributed by atoms with Crippen molar-refractivity contribution in [2.24, 2.45) is 0 Å². The van der Waals surface area contributed by atoms with Crippen molar-refractivity contribution in [1.29, 1.82) is 0 Å². The smallest absolute Gasteiger partial charge is 0.338 e. The molecule has 0 aliphatic rings. The van der Waals surface area contributed by atoms with Gasteiger partial charge in [-0.15, -0.1) is 0 Å². The molecule has 0 unspecified atom stereocenters. The molecule has 0 radical (unpaired) electrons. The van der Waals surface area contributed by atoms with E-state index in [1.54, 1.807) is 27.1 Å². The fourth-order valence-corrected chi connectivity index (χ4v) is 1.42. The fraction of sp³-hybridized carbons (Fsp3) is 0.385. The Balaban J connectivity index is 2.79. The molecule has 2 N–H and O–H groups in total. The van der Waals surface area contributed by atoms with Gasteiger partial charge in [-0.05, 0) is 31.0 Å². The van der Waals surface area contributed by atoms with Crippen LogP contribution in [0.3, 0.4) is 0 Å². The molecule has 0 atom stereocenters. The van der Waals surface area contributed by atoms with Gasteiger partial charge in [0, 0.05) is 19.8 Å². The second-order valence-corrected chi connectivity index (χ2v) is 4.39. The monoisotopic (exact) mass is 250 g/mol. The van der Waals surface area contributed by atoms with Crippen molar-refractivity contribution in [2.45, 2.75) is 13.8 Å². The molecular weight excluding hydrogens is 232 g/mol. The van der Waals surface area contributed by atoms with Crippen LogP contribution >= 0.6 is 0 Å². The first-order valence-corrected chi connectivity index (χ1v) is 5.57. The molecule has 1 rings (SSSR count). The lowest BCUT2D eigenvalue weighted by Crippen LogP contribution is -2.27. The zero-order chi connectivity index (χ0) is 13.9. The molecule has 0 spiro atoms. The Kier molecular flexibility index (Phi) is 4.31. The number of nitrogens with two attached hydrogens (primary N) is 1. The van der Waals surface area contributed by atoms with Crippen LogP contribution in [0.5, 0.6) is 0 Å². The molecular formula is C13H18N2O3. The van der Waals surface area contributed by atoms with E-state index in [0.29, 0.717) is 11.3 Å². The second-order valence-electron chi connectivity index (χ2n) is 4.39. The molecule has 1 amide bonds. The van der Waals surface area contributed by atoms with Crippen LogP contribution < -0.4 is 5.73 Å². The number of anilines is 1. The molecule has 0 aliphatic carbocycles. The maximum atomic E-state index is 11.8. The fourth-order valence-electron chi connectivity index (χ4n) is 1.42. The minimum Gasteiger partial charge on any atom is -0.452 e. The molecule has 0 aromatic heterocycles. The molecule has 1 aromatic rings. The summed E-state index contributed by atoms with van der Waals surface area (Å²) in [5.74, 6) is -0.796. The lowest BCUT2D eigenvalue weighted by Gasteiger charge is -2.12. The summed E-state index contributed by atoms with van der Waals surface area (Å²) in [6.45, 7) is 3.41. The van der Waals surface area contributed by atoms with Gasteiger partial charge in [-0.3, -0.25) is 4.79 Å². The molecule has 0 heterocycles. The number of hydrogen-bond acceptors (Lipinski definition) is 4. The van der Waals surface area contributed by atoms with Crippen LogP contribution in [0.1, 0.15) is 21.5 Å². The number of likely N-dealkylation sites (N-methyl/N-ethyl adjacent to an activating group) is 1. The average molecular weight is 250 g/mol. The van der Waals surface area contributed by atoms with E-state index in [2.05, 4.69) is 0 Å². The molecule has 5 heteroatoms. The number of nitrogens with zero attached hydrogens (tertiary/aromatic N) is 1. The number of ether oxygens (including phenoxy) is 1. The molecule has 5 nitrogen and oxygen atoms in total. The molecule has 0 bridgehead atoms. The molecule has 0 saturated heterocycles. The molecule has 18 heavy (non-hydrogen) atoms. The first kappa shape index (κ1) is 14.0. The summed E-state index contributed by atoms with van der Waals surface area (Å²) < 4.78 is 4.94. The van der Waals surface area contributed by atoms with E-state index in [1.807, 2.05) is 13.0 Å². The van der Waals surface area contributed by atoms with E-state index in [4.69, 9.17) is 10.5 Å². The quantitative estimate of drug-likeness (QED) is 0.644. The first-order chi connectivity index (χ1) is 8.32. The predicted octanol–water partition coefficient (Wildman–Crippen LogP) is 1.13. The molecule has 1 aromatic carbocycles. The Labute approximate surface area is 107 Å². The summed E-state index contributed by atoms with van der Waals surface area (Å²) >= 11 is 0. The lowest BCUT2D eigenvalue weighted by atomic mass is 10.0. The topological polar surface area (TPSA) is 72.6 Å². The number of hydrogen-bond donors (Lipinski definition) is 1. The van der Waals surface area contributed by atoms with Gasteiger partial charge in [0.15, 0.2) is 6.61 Å². The van der Waals surface area contributed by atoms with E-state index >= 15 is 0 Å². The van der Waals surface area contributed by atoms with E-state index in [-0.39, 0.29) is 12.5 Å². The van der Waals surface area contributed by atoms with Gasteiger partial charge in [0.1, 0.15) is 0 Å². The van der Waals surface area contributed by atoms with Gasteiger partial charge in [0.2, 0.25) is 0 Å². The van der Waals surface area contributed by atoms with Crippen LogP contribution in [-0.2, 0) is 9.53 Å². The number of benzene rings is 1. The Hall–Kier alpha value is -2.04. The maximum Gasteiger partial charge on any atom is 0.338 e. The van der Waals surface area contributed by atoms with Gasteiger partial charge < -0.3 is 15.4 Å². The minimum absolute atomic E-state index is 0.263. The Morgan fingerprint density at radius 3 is 2.39 bits per heavy atom. The Bertz CT molecular complexity index is 481. The first-order valence-electron chi connectivity index (χ1n) is 5.57. The summed E-state index contributed by atoms with van der Waals surface area (Å²) in [5, 5.41) is 0. The number of carbonyl (C=O) groups is 2. The second kappa shape index (κ2) is 5.53. The third-order valence-corrected chi connectivity index (χ3v) is 2.66. The highest BCUT2D eigenvalue weighted by atomic mass is 16.5. The van der Waals surface area contributed by atoms with Crippen LogP contribution in [0.25, 0.3) is 0 Å². The van der Waals surface area contributed by atoms with Crippen molar-refractivity contribution in [1.82, 2.24) is 4.90 Å². The Morgan fingerprint density at radius 1 is 1.22 bits per heavy atom. The van der Waals surface area contributed by atoms with Crippen LogP contribution in [-0.4, -0.2) is 37.5 Å². The predicted molar refractivity (Wildman–Crippen MR) is 69.3 cm³/mol. The highest BCUT2D eigenvalue weighted by Crippen LogP contribution is 2.18. The summed E-state index contributed by atoms with van der Waals surface area (Å²) in [5.41, 5.74) is 8.37. The van der Waals surface area contributed by atoms with E-state index < -0.39 is 5.97 Å². The lowest BCUT2D eigenvalue weighted by molar-refractivity contribution is -0.131. The number of amides is 1. The summed E-state index contributed by atoms with van der Waals surface area (Å²) in [4.78, 5) is 24.5. The van der Waals surface area contributed by atoms with E-state index in [0.717, 1.165) is 11.1 Å². The molecule has 0 fully saturated rings.